The zero-order valence-electron chi connectivity index (χ0n) is 14.4. The molecule has 0 aliphatic heterocycles. The Balaban J connectivity index is 1.39. The van der Waals surface area contributed by atoms with E-state index >= 15 is 0 Å². The monoisotopic (exact) mass is 346 g/mol. The van der Waals surface area contributed by atoms with Crippen LogP contribution in [0.25, 0.3) is 16.7 Å². The number of nitrogens with zero attached hydrogens (tertiary/aromatic N) is 2. The number of fused-ring (bicyclic) bond motifs is 1. The molecule has 0 spiro atoms. The van der Waals surface area contributed by atoms with Crippen LogP contribution in [0.15, 0.2) is 71.5 Å². The van der Waals surface area contributed by atoms with Crippen molar-refractivity contribution >= 4 is 16.9 Å². The van der Waals surface area contributed by atoms with Crippen LogP contribution in [0.3, 0.4) is 0 Å². The smallest absolute Gasteiger partial charge is 0.310 e. The molecular formula is C21H18N2O3. The molecule has 2 aromatic carbocycles. The Morgan fingerprint density at radius 2 is 2.00 bits per heavy atom. The minimum Gasteiger partial charge on any atom is -0.464 e. The fraction of sp³-hybridized carbons (Fsp3) is 0.143. The first-order chi connectivity index (χ1) is 12.7. The standard InChI is InChI=1S/C21H18N2O3/c1-15-7-8-19-16(13-25-20(19)11-15)12-21(24)26-14-17-9-10-23(22-17)18-5-3-2-4-6-18/h2-11,13H,12,14H2,1H3. The van der Waals surface area contributed by atoms with Crippen molar-refractivity contribution < 1.29 is 13.9 Å². The number of hydrogen-bond acceptors (Lipinski definition) is 4. The first-order valence-electron chi connectivity index (χ1n) is 8.41. The second-order valence-electron chi connectivity index (χ2n) is 6.19. The summed E-state index contributed by atoms with van der Waals surface area (Å²) in [5.41, 5.74) is 4.41. The lowest BCUT2D eigenvalue weighted by Crippen LogP contribution is -2.08. The number of furan rings is 1. The van der Waals surface area contributed by atoms with Crippen molar-refractivity contribution in [3.63, 3.8) is 0 Å². The number of rotatable bonds is 5. The van der Waals surface area contributed by atoms with Gasteiger partial charge in [-0.1, -0.05) is 30.3 Å². The molecule has 0 aliphatic rings. The summed E-state index contributed by atoms with van der Waals surface area (Å²) in [6, 6.07) is 17.6. The van der Waals surface area contributed by atoms with E-state index in [0.29, 0.717) is 5.69 Å². The fourth-order valence-corrected chi connectivity index (χ4v) is 2.85. The average Bonchev–Trinajstić information content (AvgIpc) is 3.28. The Bertz CT molecular complexity index is 1050. The highest BCUT2D eigenvalue weighted by molar-refractivity contribution is 5.86. The molecule has 2 heterocycles. The number of ether oxygens (including phenoxy) is 1. The van der Waals surface area contributed by atoms with E-state index in [1.807, 2.05) is 67.7 Å². The molecule has 5 heteroatoms. The summed E-state index contributed by atoms with van der Waals surface area (Å²) in [6.07, 6.45) is 3.65. The molecule has 2 aromatic heterocycles. The molecule has 26 heavy (non-hydrogen) atoms. The molecule has 130 valence electrons. The van der Waals surface area contributed by atoms with Gasteiger partial charge in [0.05, 0.1) is 18.4 Å². The summed E-state index contributed by atoms with van der Waals surface area (Å²) in [7, 11) is 0. The van der Waals surface area contributed by atoms with Crippen molar-refractivity contribution in [2.45, 2.75) is 20.0 Å². The second-order valence-corrected chi connectivity index (χ2v) is 6.19. The minimum atomic E-state index is -0.303. The minimum absolute atomic E-state index is 0.146. The van der Waals surface area contributed by atoms with Crippen LogP contribution in [0.2, 0.25) is 0 Å². The maximum Gasteiger partial charge on any atom is 0.310 e. The van der Waals surface area contributed by atoms with E-state index < -0.39 is 0 Å². The van der Waals surface area contributed by atoms with Gasteiger partial charge in [-0.2, -0.15) is 5.10 Å². The number of aromatic nitrogens is 2. The van der Waals surface area contributed by atoms with Crippen LogP contribution in [0.1, 0.15) is 16.8 Å². The van der Waals surface area contributed by atoms with Gasteiger partial charge in [0.25, 0.3) is 0 Å². The number of para-hydroxylation sites is 1. The summed E-state index contributed by atoms with van der Waals surface area (Å²) in [5.74, 6) is -0.303. The van der Waals surface area contributed by atoms with E-state index in [-0.39, 0.29) is 19.0 Å². The lowest BCUT2D eigenvalue weighted by atomic mass is 10.1. The molecule has 0 bridgehead atoms. The van der Waals surface area contributed by atoms with Gasteiger partial charge in [0.15, 0.2) is 0 Å². The quantitative estimate of drug-likeness (QED) is 0.508. The number of aryl methyl sites for hydroxylation is 1. The molecule has 0 amide bonds. The summed E-state index contributed by atoms with van der Waals surface area (Å²) >= 11 is 0. The molecule has 0 fully saturated rings. The van der Waals surface area contributed by atoms with Crippen molar-refractivity contribution in [3.05, 3.63) is 83.9 Å². The predicted molar refractivity (Wildman–Crippen MR) is 98.0 cm³/mol. The molecule has 5 nitrogen and oxygen atoms in total. The van der Waals surface area contributed by atoms with E-state index in [0.717, 1.165) is 27.8 Å². The van der Waals surface area contributed by atoms with Crippen molar-refractivity contribution in [1.29, 1.82) is 0 Å². The molecule has 0 saturated carbocycles. The number of carbonyl (C=O) groups excluding carboxylic acids is 1. The summed E-state index contributed by atoms with van der Waals surface area (Å²) in [5, 5.41) is 5.38. The molecule has 0 aliphatic carbocycles. The van der Waals surface area contributed by atoms with Gasteiger partial charge in [-0.25, -0.2) is 4.68 Å². The zero-order valence-corrected chi connectivity index (χ0v) is 14.4. The van der Waals surface area contributed by atoms with Crippen molar-refractivity contribution in [2.75, 3.05) is 0 Å². The third kappa shape index (κ3) is 3.37. The highest BCUT2D eigenvalue weighted by atomic mass is 16.5. The van der Waals surface area contributed by atoms with Crippen LogP contribution in [0.5, 0.6) is 0 Å². The third-order valence-corrected chi connectivity index (χ3v) is 4.19. The number of benzene rings is 2. The Hall–Kier alpha value is -3.34. The topological polar surface area (TPSA) is 57.3 Å². The van der Waals surface area contributed by atoms with Crippen LogP contribution in [0, 0.1) is 6.92 Å². The van der Waals surface area contributed by atoms with Gasteiger partial charge in [-0.15, -0.1) is 0 Å². The van der Waals surface area contributed by atoms with Gasteiger partial charge >= 0.3 is 5.97 Å². The number of hydrogen-bond donors (Lipinski definition) is 0. The SMILES string of the molecule is Cc1ccc2c(CC(=O)OCc3ccn(-c4ccccc4)n3)coc2c1. The summed E-state index contributed by atoms with van der Waals surface area (Å²) in [6.45, 7) is 2.15. The molecule has 0 saturated heterocycles. The lowest BCUT2D eigenvalue weighted by Gasteiger charge is -2.03. The zero-order chi connectivity index (χ0) is 17.9. The van der Waals surface area contributed by atoms with Gasteiger partial charge in [-0.3, -0.25) is 4.79 Å². The number of carbonyl (C=O) groups is 1. The first kappa shape index (κ1) is 16.1. The number of esters is 1. The molecule has 4 rings (SSSR count). The molecule has 0 N–H and O–H groups in total. The highest BCUT2D eigenvalue weighted by Gasteiger charge is 2.12. The molecular weight excluding hydrogens is 328 g/mol. The van der Waals surface area contributed by atoms with Gasteiger partial charge in [0.2, 0.25) is 0 Å². The van der Waals surface area contributed by atoms with Crippen molar-refractivity contribution in [3.8, 4) is 5.69 Å². The predicted octanol–water partition coefficient (Wildman–Crippen LogP) is 4.21. The summed E-state index contributed by atoms with van der Waals surface area (Å²) in [4.78, 5) is 12.2. The van der Waals surface area contributed by atoms with Gasteiger partial charge in [0, 0.05) is 17.1 Å². The molecule has 0 atom stereocenters. The maximum atomic E-state index is 12.2. The average molecular weight is 346 g/mol. The molecule has 0 radical (unpaired) electrons. The van der Waals surface area contributed by atoms with E-state index in [1.165, 1.54) is 0 Å². The normalized spacial score (nSPS) is 11.0. The van der Waals surface area contributed by atoms with Gasteiger partial charge < -0.3 is 9.15 Å². The lowest BCUT2D eigenvalue weighted by molar-refractivity contribution is -0.144. The van der Waals surface area contributed by atoms with Crippen molar-refractivity contribution in [1.82, 2.24) is 9.78 Å². The van der Waals surface area contributed by atoms with Gasteiger partial charge in [0.1, 0.15) is 17.9 Å². The summed E-state index contributed by atoms with van der Waals surface area (Å²) < 4.78 is 12.6. The Labute approximate surface area is 150 Å². The van der Waals surface area contributed by atoms with Crippen LogP contribution in [0.4, 0.5) is 0 Å². The van der Waals surface area contributed by atoms with Crippen LogP contribution < -0.4 is 0 Å². The van der Waals surface area contributed by atoms with Gasteiger partial charge in [-0.05, 0) is 36.8 Å². The second kappa shape index (κ2) is 6.88. The van der Waals surface area contributed by atoms with Crippen LogP contribution in [-0.4, -0.2) is 15.7 Å². The van der Waals surface area contributed by atoms with Crippen LogP contribution >= 0.6 is 0 Å². The Kier molecular flexibility index (Phi) is 4.27. The Morgan fingerprint density at radius 1 is 1.15 bits per heavy atom. The molecule has 4 aromatic rings. The van der Waals surface area contributed by atoms with E-state index in [1.54, 1.807) is 10.9 Å². The Morgan fingerprint density at radius 3 is 2.85 bits per heavy atom. The maximum absolute atomic E-state index is 12.2. The fourth-order valence-electron chi connectivity index (χ4n) is 2.85. The van der Waals surface area contributed by atoms with Crippen LogP contribution in [-0.2, 0) is 22.6 Å². The van der Waals surface area contributed by atoms with E-state index in [4.69, 9.17) is 9.15 Å². The largest absolute Gasteiger partial charge is 0.464 e. The van der Waals surface area contributed by atoms with E-state index in [2.05, 4.69) is 5.10 Å². The third-order valence-electron chi connectivity index (χ3n) is 4.19. The van der Waals surface area contributed by atoms with E-state index in [9.17, 15) is 4.79 Å². The van der Waals surface area contributed by atoms with Crippen molar-refractivity contribution in [2.24, 2.45) is 0 Å². The first-order valence-corrected chi connectivity index (χ1v) is 8.41. The highest BCUT2D eigenvalue weighted by Crippen LogP contribution is 2.23. The molecule has 0 unspecified atom stereocenters.